The molecular formula is C13H21BrN2O2S. The molecule has 0 fully saturated rings. The quantitative estimate of drug-likeness (QED) is 0.829. The normalized spacial score (nSPS) is 12.7. The zero-order valence-corrected chi connectivity index (χ0v) is 13.9. The van der Waals surface area contributed by atoms with Crippen LogP contribution in [0.4, 0.5) is 0 Å². The van der Waals surface area contributed by atoms with Gasteiger partial charge in [0.25, 0.3) is 0 Å². The van der Waals surface area contributed by atoms with Crippen LogP contribution >= 0.6 is 15.9 Å². The minimum Gasteiger partial charge on any atom is -0.329 e. The van der Waals surface area contributed by atoms with Crippen molar-refractivity contribution in [2.75, 3.05) is 6.54 Å². The van der Waals surface area contributed by atoms with E-state index in [1.807, 2.05) is 20.8 Å². The fraction of sp³-hybridized carbons (Fsp3) is 0.538. The van der Waals surface area contributed by atoms with Crippen molar-refractivity contribution in [2.45, 2.75) is 44.0 Å². The van der Waals surface area contributed by atoms with Gasteiger partial charge in [-0.25, -0.2) is 13.1 Å². The van der Waals surface area contributed by atoms with E-state index in [9.17, 15) is 8.42 Å². The summed E-state index contributed by atoms with van der Waals surface area (Å²) in [5.41, 5.74) is 6.05. The van der Waals surface area contributed by atoms with Gasteiger partial charge >= 0.3 is 0 Å². The first-order valence-electron chi connectivity index (χ1n) is 6.30. The maximum absolute atomic E-state index is 12.4. The molecule has 0 heterocycles. The standard InChI is InChI=1S/C13H21BrN2O2S/c1-4-13(5-2,9-15)16-19(17,18)11-6-7-12(14)10(3)8-11/h6-8,16H,4-5,9,15H2,1-3H3. The van der Waals surface area contributed by atoms with Gasteiger partial charge in [0.2, 0.25) is 10.0 Å². The fourth-order valence-corrected chi connectivity index (χ4v) is 3.74. The number of rotatable bonds is 6. The Morgan fingerprint density at radius 3 is 2.32 bits per heavy atom. The highest BCUT2D eigenvalue weighted by atomic mass is 79.9. The van der Waals surface area contributed by atoms with E-state index in [4.69, 9.17) is 5.73 Å². The molecule has 1 aromatic rings. The number of sulfonamides is 1. The van der Waals surface area contributed by atoms with E-state index in [1.54, 1.807) is 18.2 Å². The lowest BCUT2D eigenvalue weighted by atomic mass is 9.95. The van der Waals surface area contributed by atoms with E-state index in [0.717, 1.165) is 10.0 Å². The summed E-state index contributed by atoms with van der Waals surface area (Å²) in [5.74, 6) is 0. The van der Waals surface area contributed by atoms with Crippen LogP contribution in [0.3, 0.4) is 0 Å². The van der Waals surface area contributed by atoms with Crippen LogP contribution in [-0.2, 0) is 10.0 Å². The minimum absolute atomic E-state index is 0.271. The molecule has 108 valence electrons. The van der Waals surface area contributed by atoms with Crippen LogP contribution in [-0.4, -0.2) is 20.5 Å². The number of benzene rings is 1. The molecule has 1 aromatic carbocycles. The van der Waals surface area contributed by atoms with E-state index in [0.29, 0.717) is 12.8 Å². The molecule has 3 N–H and O–H groups in total. The SMILES string of the molecule is CCC(CC)(CN)NS(=O)(=O)c1ccc(Br)c(C)c1. The van der Waals surface area contributed by atoms with Crippen molar-refractivity contribution in [3.05, 3.63) is 28.2 Å². The molecule has 0 radical (unpaired) electrons. The van der Waals surface area contributed by atoms with Crippen LogP contribution in [0.1, 0.15) is 32.3 Å². The van der Waals surface area contributed by atoms with E-state index < -0.39 is 15.6 Å². The van der Waals surface area contributed by atoms with Crippen LogP contribution in [0.5, 0.6) is 0 Å². The maximum atomic E-state index is 12.4. The van der Waals surface area contributed by atoms with Crippen molar-refractivity contribution < 1.29 is 8.42 Å². The van der Waals surface area contributed by atoms with E-state index in [1.165, 1.54) is 0 Å². The summed E-state index contributed by atoms with van der Waals surface area (Å²) in [6.07, 6.45) is 1.32. The number of halogens is 1. The summed E-state index contributed by atoms with van der Waals surface area (Å²) in [6.45, 7) is 6.02. The lowest BCUT2D eigenvalue weighted by Gasteiger charge is -2.31. The van der Waals surface area contributed by atoms with Gasteiger partial charge in [-0.1, -0.05) is 29.8 Å². The second-order valence-corrected chi connectivity index (χ2v) is 7.24. The van der Waals surface area contributed by atoms with Gasteiger partial charge in [-0.05, 0) is 43.5 Å². The third-order valence-corrected chi connectivity index (χ3v) is 6.00. The molecule has 19 heavy (non-hydrogen) atoms. The number of nitrogens with one attached hydrogen (secondary N) is 1. The summed E-state index contributed by atoms with van der Waals surface area (Å²) >= 11 is 3.36. The highest BCUT2D eigenvalue weighted by Gasteiger charge is 2.30. The Labute approximate surface area is 124 Å². The minimum atomic E-state index is -3.54. The van der Waals surface area contributed by atoms with Crippen molar-refractivity contribution in [1.82, 2.24) is 4.72 Å². The van der Waals surface area contributed by atoms with E-state index >= 15 is 0 Å². The Bertz CT molecular complexity index is 531. The molecule has 0 saturated carbocycles. The number of aryl methyl sites for hydroxylation is 1. The smallest absolute Gasteiger partial charge is 0.241 e. The summed E-state index contributed by atoms with van der Waals surface area (Å²) < 4.78 is 28.5. The molecule has 0 amide bonds. The van der Waals surface area contributed by atoms with Gasteiger partial charge in [0.05, 0.1) is 4.90 Å². The van der Waals surface area contributed by atoms with Crippen molar-refractivity contribution >= 4 is 26.0 Å². The average molecular weight is 349 g/mol. The Morgan fingerprint density at radius 2 is 1.89 bits per heavy atom. The molecule has 0 spiro atoms. The van der Waals surface area contributed by atoms with Crippen LogP contribution in [0.2, 0.25) is 0 Å². The van der Waals surface area contributed by atoms with Gasteiger partial charge in [0.1, 0.15) is 0 Å². The van der Waals surface area contributed by atoms with Crippen molar-refractivity contribution in [3.63, 3.8) is 0 Å². The average Bonchev–Trinajstić information content (AvgIpc) is 2.39. The zero-order chi connectivity index (χ0) is 14.7. The zero-order valence-electron chi connectivity index (χ0n) is 11.5. The van der Waals surface area contributed by atoms with Crippen LogP contribution in [0.15, 0.2) is 27.6 Å². The van der Waals surface area contributed by atoms with Crippen molar-refractivity contribution in [2.24, 2.45) is 5.73 Å². The summed E-state index contributed by atoms with van der Waals surface area (Å²) in [4.78, 5) is 0.271. The summed E-state index contributed by atoms with van der Waals surface area (Å²) in [6, 6.07) is 4.98. The molecular weight excluding hydrogens is 328 g/mol. The second kappa shape index (κ2) is 6.35. The van der Waals surface area contributed by atoms with E-state index in [2.05, 4.69) is 20.7 Å². The van der Waals surface area contributed by atoms with Crippen LogP contribution < -0.4 is 10.5 Å². The summed E-state index contributed by atoms with van der Waals surface area (Å²) in [5, 5.41) is 0. The predicted octanol–water partition coefficient (Wildman–Crippen LogP) is 2.55. The van der Waals surface area contributed by atoms with Crippen LogP contribution in [0.25, 0.3) is 0 Å². The first-order valence-corrected chi connectivity index (χ1v) is 8.58. The first-order chi connectivity index (χ1) is 8.80. The molecule has 0 aliphatic heterocycles. The largest absolute Gasteiger partial charge is 0.329 e. The van der Waals surface area contributed by atoms with Crippen molar-refractivity contribution in [3.8, 4) is 0 Å². The molecule has 0 aromatic heterocycles. The third kappa shape index (κ3) is 3.78. The number of nitrogens with two attached hydrogens (primary N) is 1. The molecule has 4 nitrogen and oxygen atoms in total. The lowest BCUT2D eigenvalue weighted by Crippen LogP contribution is -2.52. The lowest BCUT2D eigenvalue weighted by molar-refractivity contribution is 0.363. The number of hydrogen-bond acceptors (Lipinski definition) is 3. The van der Waals surface area contributed by atoms with Gasteiger partial charge in [-0.3, -0.25) is 0 Å². The fourth-order valence-electron chi connectivity index (χ4n) is 1.85. The highest BCUT2D eigenvalue weighted by molar-refractivity contribution is 9.10. The van der Waals surface area contributed by atoms with Crippen molar-refractivity contribution in [1.29, 1.82) is 0 Å². The molecule has 0 bridgehead atoms. The van der Waals surface area contributed by atoms with Gasteiger partial charge < -0.3 is 5.73 Å². The first kappa shape index (κ1) is 16.6. The predicted molar refractivity (Wildman–Crippen MR) is 81.6 cm³/mol. The summed E-state index contributed by atoms with van der Waals surface area (Å²) in [7, 11) is -3.54. The highest BCUT2D eigenvalue weighted by Crippen LogP contribution is 2.22. The van der Waals surface area contributed by atoms with Gasteiger partial charge in [-0.2, -0.15) is 0 Å². The van der Waals surface area contributed by atoms with E-state index in [-0.39, 0.29) is 11.4 Å². The molecule has 0 unspecified atom stereocenters. The topological polar surface area (TPSA) is 72.2 Å². The molecule has 0 atom stereocenters. The second-order valence-electron chi connectivity index (χ2n) is 4.71. The van der Waals surface area contributed by atoms with Crippen LogP contribution in [0, 0.1) is 6.92 Å². The Kier molecular flexibility index (Phi) is 5.55. The van der Waals surface area contributed by atoms with Gasteiger partial charge in [0.15, 0.2) is 0 Å². The molecule has 1 rings (SSSR count). The Balaban J connectivity index is 3.14. The van der Waals surface area contributed by atoms with Gasteiger partial charge in [0, 0.05) is 16.6 Å². The maximum Gasteiger partial charge on any atom is 0.241 e. The molecule has 0 aliphatic rings. The molecule has 0 aliphatic carbocycles. The van der Waals surface area contributed by atoms with Gasteiger partial charge in [-0.15, -0.1) is 0 Å². The Morgan fingerprint density at radius 1 is 1.32 bits per heavy atom. The number of hydrogen-bond donors (Lipinski definition) is 2. The monoisotopic (exact) mass is 348 g/mol. The molecule has 0 saturated heterocycles. The third-order valence-electron chi connectivity index (χ3n) is 3.53. The molecule has 6 heteroatoms. The Hall–Kier alpha value is -0.430.